The predicted octanol–water partition coefficient (Wildman–Crippen LogP) is 1.91. The normalized spacial score (nSPS) is 10.2. The average molecular weight is 177 g/mol. The van der Waals surface area contributed by atoms with Crippen LogP contribution in [0.15, 0.2) is 6.20 Å². The second-order valence-corrected chi connectivity index (χ2v) is 3.56. The summed E-state index contributed by atoms with van der Waals surface area (Å²) in [6.07, 6.45) is 1.80. The Kier molecular flexibility index (Phi) is 3.12. The lowest BCUT2D eigenvalue weighted by atomic mass is 10.5. The van der Waals surface area contributed by atoms with Crippen molar-refractivity contribution in [1.82, 2.24) is 10.3 Å². The lowest BCUT2D eigenvalue weighted by Gasteiger charge is -1.93. The Labute approximate surface area is 69.2 Å². The maximum Gasteiger partial charge on any atom is 0.183 e. The number of thiazole rings is 1. The van der Waals surface area contributed by atoms with E-state index in [1.54, 1.807) is 6.20 Å². The number of hydrogen-bond acceptors (Lipinski definition) is 3. The minimum absolute atomic E-state index is 0.618. The van der Waals surface area contributed by atoms with E-state index < -0.39 is 0 Å². The van der Waals surface area contributed by atoms with Crippen molar-refractivity contribution in [3.05, 3.63) is 15.5 Å². The van der Waals surface area contributed by atoms with Crippen molar-refractivity contribution in [3.63, 3.8) is 0 Å². The Hall–Kier alpha value is -0.120. The van der Waals surface area contributed by atoms with Gasteiger partial charge in [-0.15, -0.1) is 11.3 Å². The summed E-state index contributed by atoms with van der Waals surface area (Å²) in [5.74, 6) is 0. The van der Waals surface area contributed by atoms with E-state index in [1.165, 1.54) is 16.2 Å². The molecule has 0 aliphatic carbocycles. The Morgan fingerprint density at radius 2 is 2.60 bits per heavy atom. The summed E-state index contributed by atoms with van der Waals surface area (Å²) in [6, 6.07) is 0. The molecule has 10 heavy (non-hydrogen) atoms. The first-order valence-electron chi connectivity index (χ1n) is 3.14. The lowest BCUT2D eigenvalue weighted by molar-refractivity contribution is 0.734. The molecule has 0 aliphatic rings. The third-order valence-corrected chi connectivity index (χ3v) is 2.19. The molecule has 0 unspecified atom stereocenters. The minimum Gasteiger partial charge on any atom is -0.312 e. The molecule has 0 aliphatic heterocycles. The van der Waals surface area contributed by atoms with Crippen LogP contribution in [0.5, 0.6) is 0 Å². The summed E-state index contributed by atoms with van der Waals surface area (Å²) in [6.45, 7) is 3.93. The van der Waals surface area contributed by atoms with Crippen molar-refractivity contribution in [2.45, 2.75) is 13.5 Å². The van der Waals surface area contributed by atoms with Crippen LogP contribution in [0, 0.1) is 0 Å². The highest BCUT2D eigenvalue weighted by molar-refractivity contribution is 7.15. The maximum atomic E-state index is 5.62. The van der Waals surface area contributed by atoms with Crippen molar-refractivity contribution >= 4 is 22.9 Å². The highest BCUT2D eigenvalue weighted by Crippen LogP contribution is 2.16. The molecule has 56 valence electrons. The summed E-state index contributed by atoms with van der Waals surface area (Å²) in [5.41, 5.74) is 0. The Balaban J connectivity index is 2.42. The smallest absolute Gasteiger partial charge is 0.183 e. The van der Waals surface area contributed by atoms with Gasteiger partial charge in [0.1, 0.15) is 0 Å². The Morgan fingerprint density at radius 3 is 3.10 bits per heavy atom. The standard InChI is InChI=1S/C6H9ClN2S/c1-2-8-3-5-4-9-6(7)10-5/h4,8H,2-3H2,1H3. The monoisotopic (exact) mass is 176 g/mol. The second kappa shape index (κ2) is 3.91. The molecule has 0 amide bonds. The fourth-order valence-corrected chi connectivity index (χ4v) is 1.56. The molecule has 1 aromatic rings. The van der Waals surface area contributed by atoms with E-state index in [1.807, 2.05) is 0 Å². The van der Waals surface area contributed by atoms with Crippen LogP contribution >= 0.6 is 22.9 Å². The maximum absolute atomic E-state index is 5.62. The van der Waals surface area contributed by atoms with E-state index in [4.69, 9.17) is 11.6 Å². The average Bonchev–Trinajstić information content (AvgIpc) is 2.31. The Bertz CT molecular complexity index is 199. The molecular weight excluding hydrogens is 168 g/mol. The molecule has 0 atom stereocenters. The predicted molar refractivity (Wildman–Crippen MR) is 44.5 cm³/mol. The molecule has 1 N–H and O–H groups in total. The van der Waals surface area contributed by atoms with Crippen LogP contribution in [0.3, 0.4) is 0 Å². The van der Waals surface area contributed by atoms with Gasteiger partial charge in [-0.3, -0.25) is 0 Å². The third kappa shape index (κ3) is 2.25. The van der Waals surface area contributed by atoms with Crippen LogP contribution in [0.2, 0.25) is 4.47 Å². The van der Waals surface area contributed by atoms with Crippen LogP contribution in [0.25, 0.3) is 0 Å². The van der Waals surface area contributed by atoms with E-state index in [9.17, 15) is 0 Å². The number of rotatable bonds is 3. The fourth-order valence-electron chi connectivity index (χ4n) is 0.614. The molecule has 0 saturated heterocycles. The second-order valence-electron chi connectivity index (χ2n) is 1.86. The van der Waals surface area contributed by atoms with Crippen LogP contribution in [0.4, 0.5) is 0 Å². The summed E-state index contributed by atoms with van der Waals surface area (Å²) >= 11 is 7.14. The van der Waals surface area contributed by atoms with Crippen LogP contribution in [-0.4, -0.2) is 11.5 Å². The molecule has 1 rings (SSSR count). The molecular formula is C6H9ClN2S. The largest absolute Gasteiger partial charge is 0.312 e. The zero-order valence-electron chi connectivity index (χ0n) is 5.72. The van der Waals surface area contributed by atoms with Gasteiger partial charge in [0.15, 0.2) is 4.47 Å². The summed E-state index contributed by atoms with van der Waals surface area (Å²) in [7, 11) is 0. The van der Waals surface area contributed by atoms with Crippen molar-refractivity contribution < 1.29 is 0 Å². The van der Waals surface area contributed by atoms with Gasteiger partial charge in [0.25, 0.3) is 0 Å². The topological polar surface area (TPSA) is 24.9 Å². The molecule has 0 radical (unpaired) electrons. The quantitative estimate of drug-likeness (QED) is 0.761. The van der Waals surface area contributed by atoms with Gasteiger partial charge in [0.2, 0.25) is 0 Å². The van der Waals surface area contributed by atoms with Gasteiger partial charge < -0.3 is 5.32 Å². The van der Waals surface area contributed by atoms with E-state index in [0.29, 0.717) is 4.47 Å². The van der Waals surface area contributed by atoms with Crippen LogP contribution in [-0.2, 0) is 6.54 Å². The van der Waals surface area contributed by atoms with Crippen LogP contribution < -0.4 is 5.32 Å². The van der Waals surface area contributed by atoms with Crippen LogP contribution in [0.1, 0.15) is 11.8 Å². The van der Waals surface area contributed by atoms with Gasteiger partial charge in [-0.25, -0.2) is 4.98 Å². The number of hydrogen-bond donors (Lipinski definition) is 1. The first-order chi connectivity index (χ1) is 4.83. The molecule has 1 aromatic heterocycles. The van der Waals surface area contributed by atoms with E-state index in [2.05, 4.69) is 17.2 Å². The van der Waals surface area contributed by atoms with Crippen molar-refractivity contribution in [1.29, 1.82) is 0 Å². The van der Waals surface area contributed by atoms with Gasteiger partial charge in [0.05, 0.1) is 0 Å². The van der Waals surface area contributed by atoms with Crippen molar-refractivity contribution in [2.75, 3.05) is 6.54 Å². The summed E-state index contributed by atoms with van der Waals surface area (Å²) in [4.78, 5) is 5.10. The van der Waals surface area contributed by atoms with Gasteiger partial charge >= 0.3 is 0 Å². The lowest BCUT2D eigenvalue weighted by Crippen LogP contribution is -2.10. The first-order valence-corrected chi connectivity index (χ1v) is 4.33. The molecule has 0 saturated carbocycles. The minimum atomic E-state index is 0.618. The SMILES string of the molecule is CCNCc1cnc(Cl)s1. The van der Waals surface area contributed by atoms with Gasteiger partial charge in [0, 0.05) is 17.6 Å². The number of aromatic nitrogens is 1. The van der Waals surface area contributed by atoms with Gasteiger partial charge in [-0.05, 0) is 6.54 Å². The molecule has 0 spiro atoms. The summed E-state index contributed by atoms with van der Waals surface area (Å²) in [5, 5.41) is 3.19. The van der Waals surface area contributed by atoms with Crippen molar-refractivity contribution in [2.24, 2.45) is 0 Å². The zero-order chi connectivity index (χ0) is 7.40. The van der Waals surface area contributed by atoms with E-state index >= 15 is 0 Å². The highest BCUT2D eigenvalue weighted by Gasteiger charge is 1.96. The van der Waals surface area contributed by atoms with E-state index in [-0.39, 0.29) is 0 Å². The third-order valence-electron chi connectivity index (χ3n) is 1.07. The Morgan fingerprint density at radius 1 is 1.80 bits per heavy atom. The van der Waals surface area contributed by atoms with Crippen molar-refractivity contribution in [3.8, 4) is 0 Å². The van der Waals surface area contributed by atoms with Gasteiger partial charge in [-0.2, -0.15) is 0 Å². The highest BCUT2D eigenvalue weighted by atomic mass is 35.5. The zero-order valence-corrected chi connectivity index (χ0v) is 7.30. The molecule has 0 bridgehead atoms. The number of nitrogens with one attached hydrogen (secondary N) is 1. The number of halogens is 1. The fraction of sp³-hybridized carbons (Fsp3) is 0.500. The summed E-state index contributed by atoms with van der Waals surface area (Å²) < 4.78 is 0.618. The van der Waals surface area contributed by atoms with E-state index in [0.717, 1.165) is 13.1 Å². The molecule has 0 fully saturated rings. The molecule has 1 heterocycles. The number of nitrogens with zero attached hydrogens (tertiary/aromatic N) is 1. The molecule has 0 aromatic carbocycles. The first kappa shape index (κ1) is 7.98. The molecule has 2 nitrogen and oxygen atoms in total. The van der Waals surface area contributed by atoms with Gasteiger partial charge in [-0.1, -0.05) is 18.5 Å². The molecule has 4 heteroatoms.